The van der Waals surface area contributed by atoms with E-state index in [1.165, 1.54) is 10.5 Å². The molecular weight excluding hydrogens is 368 g/mol. The van der Waals surface area contributed by atoms with E-state index < -0.39 is 5.63 Å². The second-order valence-corrected chi connectivity index (χ2v) is 8.30. The Morgan fingerprint density at radius 2 is 1.61 bits per heavy atom. The lowest BCUT2D eigenvalue weighted by atomic mass is 9.94. The first kappa shape index (κ1) is 20.3. The lowest BCUT2D eigenvalue weighted by Crippen LogP contribution is -2.08. The molecule has 28 heavy (non-hydrogen) atoms. The van der Waals surface area contributed by atoms with E-state index in [0.717, 1.165) is 34.4 Å². The summed E-state index contributed by atoms with van der Waals surface area (Å²) in [6.07, 6.45) is 1.61. The van der Waals surface area contributed by atoms with Crippen molar-refractivity contribution >= 4 is 11.8 Å². The second-order valence-electron chi connectivity index (χ2n) is 7.13. The summed E-state index contributed by atoms with van der Waals surface area (Å²) in [5.74, 6) is 1.26. The van der Waals surface area contributed by atoms with E-state index in [0.29, 0.717) is 12.2 Å². The second kappa shape index (κ2) is 8.70. The molecule has 0 fully saturated rings. The van der Waals surface area contributed by atoms with Gasteiger partial charge >= 0.3 is 5.63 Å². The molecule has 4 heteroatoms. The third kappa shape index (κ3) is 4.50. The number of aromatic hydroxyl groups is 1. The Morgan fingerprint density at radius 1 is 0.964 bits per heavy atom. The van der Waals surface area contributed by atoms with Crippen LogP contribution in [0.1, 0.15) is 34.9 Å². The summed E-state index contributed by atoms with van der Waals surface area (Å²) < 4.78 is 5.53. The van der Waals surface area contributed by atoms with Crippen LogP contribution in [0.15, 0.2) is 56.6 Å². The van der Waals surface area contributed by atoms with E-state index in [2.05, 4.69) is 31.2 Å². The van der Waals surface area contributed by atoms with Crippen molar-refractivity contribution in [3.05, 3.63) is 80.9 Å². The van der Waals surface area contributed by atoms with E-state index in [-0.39, 0.29) is 11.3 Å². The highest BCUT2D eigenvalue weighted by molar-refractivity contribution is 7.99. The minimum atomic E-state index is -0.484. The lowest BCUT2D eigenvalue weighted by molar-refractivity contribution is 0.430. The van der Waals surface area contributed by atoms with Crippen molar-refractivity contribution in [2.75, 3.05) is 5.75 Å². The van der Waals surface area contributed by atoms with Crippen LogP contribution in [0.2, 0.25) is 0 Å². The van der Waals surface area contributed by atoms with Gasteiger partial charge in [0.2, 0.25) is 0 Å². The number of rotatable bonds is 6. The van der Waals surface area contributed by atoms with E-state index >= 15 is 0 Å². The molecule has 1 aromatic heterocycles. The van der Waals surface area contributed by atoms with Gasteiger partial charge in [0.15, 0.2) is 0 Å². The highest BCUT2D eigenvalue weighted by atomic mass is 32.2. The third-order valence-electron chi connectivity index (χ3n) is 4.86. The zero-order valence-corrected chi connectivity index (χ0v) is 17.7. The van der Waals surface area contributed by atoms with Crippen LogP contribution in [-0.4, -0.2) is 10.9 Å². The highest BCUT2D eigenvalue weighted by Crippen LogP contribution is 2.33. The van der Waals surface area contributed by atoms with E-state index in [1.807, 2.05) is 32.9 Å². The van der Waals surface area contributed by atoms with Crippen LogP contribution in [0.4, 0.5) is 0 Å². The molecule has 0 spiro atoms. The summed E-state index contributed by atoms with van der Waals surface area (Å²) in [6, 6.07) is 14.1. The zero-order valence-electron chi connectivity index (χ0n) is 16.8. The molecule has 0 saturated heterocycles. The molecule has 0 amide bonds. The molecule has 0 aliphatic carbocycles. The van der Waals surface area contributed by atoms with Crippen LogP contribution in [-0.2, 0) is 12.8 Å². The van der Waals surface area contributed by atoms with Crippen molar-refractivity contribution in [3.8, 4) is 16.9 Å². The van der Waals surface area contributed by atoms with E-state index in [4.69, 9.17) is 4.42 Å². The first-order valence-corrected chi connectivity index (χ1v) is 10.5. The third-order valence-corrected chi connectivity index (χ3v) is 5.87. The van der Waals surface area contributed by atoms with Crippen molar-refractivity contribution in [2.45, 2.75) is 45.4 Å². The average Bonchev–Trinajstić information content (AvgIpc) is 2.64. The lowest BCUT2D eigenvalue weighted by Gasteiger charge is -2.12. The normalized spacial score (nSPS) is 11.0. The van der Waals surface area contributed by atoms with Gasteiger partial charge < -0.3 is 9.52 Å². The van der Waals surface area contributed by atoms with Crippen molar-refractivity contribution in [3.63, 3.8) is 0 Å². The molecule has 0 aliphatic rings. The summed E-state index contributed by atoms with van der Waals surface area (Å²) in [5, 5.41) is 10.6. The van der Waals surface area contributed by atoms with Crippen LogP contribution >= 0.6 is 11.8 Å². The summed E-state index contributed by atoms with van der Waals surface area (Å²) in [4.78, 5) is 13.8. The maximum absolute atomic E-state index is 12.6. The first-order chi connectivity index (χ1) is 13.4. The minimum absolute atomic E-state index is 0.0152. The number of hydrogen-bond donors (Lipinski definition) is 1. The molecule has 3 rings (SSSR count). The average molecular weight is 395 g/mol. The highest BCUT2D eigenvalue weighted by Gasteiger charge is 2.17. The summed E-state index contributed by atoms with van der Waals surface area (Å²) in [5.41, 5.74) is 4.89. The molecule has 1 N–H and O–H groups in total. The smallest absolute Gasteiger partial charge is 0.347 e. The van der Waals surface area contributed by atoms with Crippen LogP contribution in [0, 0.1) is 20.8 Å². The van der Waals surface area contributed by atoms with E-state index in [9.17, 15) is 9.90 Å². The predicted octanol–water partition coefficient (Wildman–Crippen LogP) is 5.83. The minimum Gasteiger partial charge on any atom is -0.507 e. The molecule has 1 heterocycles. The Bertz CT molecular complexity index is 1010. The van der Waals surface area contributed by atoms with Gasteiger partial charge in [-0.3, -0.25) is 0 Å². The number of benzene rings is 2. The molecule has 3 nitrogen and oxygen atoms in total. The fourth-order valence-corrected chi connectivity index (χ4v) is 4.41. The van der Waals surface area contributed by atoms with Gasteiger partial charge in [-0.1, -0.05) is 36.8 Å². The van der Waals surface area contributed by atoms with Gasteiger partial charge in [-0.25, -0.2) is 4.79 Å². The molecule has 0 bridgehead atoms. The number of hydrogen-bond acceptors (Lipinski definition) is 4. The molecule has 3 aromatic rings. The Hall–Kier alpha value is -2.46. The van der Waals surface area contributed by atoms with Gasteiger partial charge in [0.25, 0.3) is 0 Å². The summed E-state index contributed by atoms with van der Waals surface area (Å²) in [7, 11) is 0. The van der Waals surface area contributed by atoms with Crippen molar-refractivity contribution < 1.29 is 9.52 Å². The summed E-state index contributed by atoms with van der Waals surface area (Å²) >= 11 is 1.71. The Morgan fingerprint density at radius 3 is 2.18 bits per heavy atom. The fourth-order valence-electron chi connectivity index (χ4n) is 3.55. The molecule has 0 unspecified atom stereocenters. The van der Waals surface area contributed by atoms with Crippen LogP contribution < -0.4 is 5.63 Å². The predicted molar refractivity (Wildman–Crippen MR) is 117 cm³/mol. The quantitative estimate of drug-likeness (QED) is 0.534. The van der Waals surface area contributed by atoms with Crippen LogP contribution in [0.25, 0.3) is 11.1 Å². The largest absolute Gasteiger partial charge is 0.507 e. The van der Waals surface area contributed by atoms with Gasteiger partial charge in [0, 0.05) is 23.1 Å². The maximum atomic E-state index is 12.6. The standard InChI is InChI=1S/C24H26O3S/c1-5-18-6-8-20(9-7-18)28-11-10-19-14-21(25)23(24(26)27-19)22-16(3)12-15(2)13-17(22)4/h6-9,12-14,25H,5,10-11H2,1-4H3. The van der Waals surface area contributed by atoms with Crippen molar-refractivity contribution in [1.82, 2.24) is 0 Å². The molecule has 0 aliphatic heterocycles. The first-order valence-electron chi connectivity index (χ1n) is 9.55. The Kier molecular flexibility index (Phi) is 6.30. The maximum Gasteiger partial charge on any atom is 0.347 e. The Labute approximate surface area is 170 Å². The van der Waals surface area contributed by atoms with Crippen LogP contribution in [0.5, 0.6) is 5.75 Å². The SMILES string of the molecule is CCc1ccc(SCCc2cc(O)c(-c3c(C)cc(C)cc3C)c(=O)o2)cc1. The molecule has 0 saturated carbocycles. The van der Waals surface area contributed by atoms with Gasteiger partial charge in [0.1, 0.15) is 17.1 Å². The van der Waals surface area contributed by atoms with E-state index in [1.54, 1.807) is 17.8 Å². The molecule has 0 radical (unpaired) electrons. The fraction of sp³-hybridized carbons (Fsp3) is 0.292. The van der Waals surface area contributed by atoms with Gasteiger partial charge in [0.05, 0.1) is 0 Å². The molecule has 0 atom stereocenters. The molecule has 146 valence electrons. The zero-order chi connectivity index (χ0) is 20.3. The van der Waals surface area contributed by atoms with Crippen LogP contribution in [0.3, 0.4) is 0 Å². The number of thioether (sulfide) groups is 1. The van der Waals surface area contributed by atoms with Crippen molar-refractivity contribution in [2.24, 2.45) is 0 Å². The van der Waals surface area contributed by atoms with Crippen molar-refractivity contribution in [1.29, 1.82) is 0 Å². The monoisotopic (exact) mass is 394 g/mol. The van der Waals surface area contributed by atoms with Gasteiger partial charge in [-0.05, 0) is 61.6 Å². The van der Waals surface area contributed by atoms with Gasteiger partial charge in [-0.2, -0.15) is 0 Å². The summed E-state index contributed by atoms with van der Waals surface area (Å²) in [6.45, 7) is 8.05. The molecular formula is C24H26O3S. The number of aryl methyl sites for hydroxylation is 5. The molecule has 2 aromatic carbocycles. The van der Waals surface area contributed by atoms with Gasteiger partial charge in [-0.15, -0.1) is 11.8 Å². The Balaban J connectivity index is 1.78. The topological polar surface area (TPSA) is 50.4 Å².